The molecule has 3 rings (SSSR count). The normalized spacial score (nSPS) is 55.8. The second-order valence-electron chi connectivity index (χ2n) is 4.69. The average Bonchev–Trinajstić information content (AvgIpc) is 2.62. The number of carbonyl (C=O) groups excluding carboxylic acids is 1. The Morgan fingerprint density at radius 1 is 1.33 bits per heavy atom. The van der Waals surface area contributed by atoms with Gasteiger partial charge in [0.15, 0.2) is 0 Å². The second-order valence-corrected chi connectivity index (χ2v) is 4.69. The fourth-order valence-electron chi connectivity index (χ4n) is 3.71. The minimum Gasteiger partial charge on any atom is -0.465 e. The van der Waals surface area contributed by atoms with Gasteiger partial charge in [0.1, 0.15) is 0 Å². The van der Waals surface area contributed by atoms with Gasteiger partial charge in [0, 0.05) is 5.92 Å². The van der Waals surface area contributed by atoms with Crippen LogP contribution < -0.4 is 0 Å². The van der Waals surface area contributed by atoms with E-state index in [1.165, 1.54) is 12.8 Å². The summed E-state index contributed by atoms with van der Waals surface area (Å²) in [6.07, 6.45) is 2.56. The molecule has 0 aromatic rings. The molecule has 1 saturated heterocycles. The molecule has 0 amide bonds. The van der Waals surface area contributed by atoms with Crippen LogP contribution in [0, 0.1) is 29.6 Å². The summed E-state index contributed by atoms with van der Waals surface area (Å²) in [5.74, 6) is 3.29. The summed E-state index contributed by atoms with van der Waals surface area (Å²) in [6, 6.07) is 0. The van der Waals surface area contributed by atoms with Gasteiger partial charge < -0.3 is 4.74 Å². The van der Waals surface area contributed by atoms with Gasteiger partial charge in [-0.15, -0.1) is 0 Å². The molecular weight excluding hydrogens is 152 g/mol. The first-order valence-electron chi connectivity index (χ1n) is 4.94. The molecule has 1 heterocycles. The molecule has 0 aromatic heterocycles. The molecule has 2 nitrogen and oxygen atoms in total. The van der Waals surface area contributed by atoms with Crippen molar-refractivity contribution in [2.75, 3.05) is 6.61 Å². The van der Waals surface area contributed by atoms with E-state index >= 15 is 0 Å². The van der Waals surface area contributed by atoms with Gasteiger partial charge in [-0.1, -0.05) is 6.92 Å². The zero-order valence-corrected chi connectivity index (χ0v) is 7.32. The number of ether oxygens (including phenoxy) is 1. The Balaban J connectivity index is 1.94. The molecule has 2 aliphatic carbocycles. The van der Waals surface area contributed by atoms with Crippen LogP contribution in [0.2, 0.25) is 0 Å². The van der Waals surface area contributed by atoms with E-state index < -0.39 is 0 Å². The van der Waals surface area contributed by atoms with Crippen molar-refractivity contribution in [2.45, 2.75) is 19.8 Å². The predicted molar refractivity (Wildman–Crippen MR) is 43.3 cm³/mol. The Morgan fingerprint density at radius 2 is 2.17 bits per heavy atom. The van der Waals surface area contributed by atoms with Crippen molar-refractivity contribution in [1.29, 1.82) is 0 Å². The summed E-state index contributed by atoms with van der Waals surface area (Å²) >= 11 is 0. The molecule has 66 valence electrons. The van der Waals surface area contributed by atoms with E-state index in [-0.39, 0.29) is 5.97 Å². The SMILES string of the molecule is C[C@@H]1CC2CC1C1COC(=O)C21. The fourth-order valence-corrected chi connectivity index (χ4v) is 3.71. The van der Waals surface area contributed by atoms with E-state index in [1.807, 2.05) is 0 Å². The van der Waals surface area contributed by atoms with Gasteiger partial charge in [-0.2, -0.15) is 0 Å². The van der Waals surface area contributed by atoms with E-state index in [1.54, 1.807) is 0 Å². The molecule has 1 aliphatic heterocycles. The molecule has 2 saturated carbocycles. The van der Waals surface area contributed by atoms with E-state index in [2.05, 4.69) is 6.92 Å². The largest absolute Gasteiger partial charge is 0.465 e. The summed E-state index contributed by atoms with van der Waals surface area (Å²) < 4.78 is 5.11. The molecular formula is C10H14O2. The number of cyclic esters (lactones) is 1. The van der Waals surface area contributed by atoms with Crippen LogP contribution in [-0.4, -0.2) is 12.6 Å². The standard InChI is InChI=1S/C10H14O2/c1-5-2-6-3-7(5)8-4-12-10(11)9(6)8/h5-9H,2-4H2,1H3/t5-,6?,7?,8?,9?/m1/s1. The third-order valence-electron chi connectivity index (χ3n) is 4.19. The van der Waals surface area contributed by atoms with Crippen LogP contribution in [0.3, 0.4) is 0 Å². The number of rotatable bonds is 0. The Labute approximate surface area is 72.3 Å². The Bertz CT molecular complexity index is 236. The molecule has 2 bridgehead atoms. The van der Waals surface area contributed by atoms with Gasteiger partial charge in [0.05, 0.1) is 12.5 Å². The minimum absolute atomic E-state index is 0.0967. The van der Waals surface area contributed by atoms with Crippen LogP contribution in [0.5, 0.6) is 0 Å². The highest BCUT2D eigenvalue weighted by atomic mass is 16.5. The van der Waals surface area contributed by atoms with Crippen LogP contribution in [0.15, 0.2) is 0 Å². The Kier molecular flexibility index (Phi) is 1.18. The minimum atomic E-state index is 0.0967. The van der Waals surface area contributed by atoms with Crippen molar-refractivity contribution in [3.8, 4) is 0 Å². The number of esters is 1. The molecule has 0 spiro atoms. The van der Waals surface area contributed by atoms with Gasteiger partial charge >= 0.3 is 5.97 Å². The monoisotopic (exact) mass is 166 g/mol. The van der Waals surface area contributed by atoms with Crippen LogP contribution in [0.4, 0.5) is 0 Å². The number of hydrogen-bond acceptors (Lipinski definition) is 2. The summed E-state index contributed by atoms with van der Waals surface area (Å²) in [6.45, 7) is 3.04. The van der Waals surface area contributed by atoms with Crippen LogP contribution in [0.1, 0.15) is 19.8 Å². The Hall–Kier alpha value is -0.530. The Morgan fingerprint density at radius 3 is 3.00 bits per heavy atom. The highest BCUT2D eigenvalue weighted by molar-refractivity contribution is 5.76. The lowest BCUT2D eigenvalue weighted by atomic mass is 9.76. The third-order valence-corrected chi connectivity index (χ3v) is 4.19. The molecule has 0 aromatic carbocycles. The maximum absolute atomic E-state index is 11.3. The van der Waals surface area contributed by atoms with Gasteiger partial charge in [0.25, 0.3) is 0 Å². The molecule has 3 aliphatic rings. The lowest BCUT2D eigenvalue weighted by molar-refractivity contribution is -0.142. The van der Waals surface area contributed by atoms with E-state index in [4.69, 9.17) is 4.74 Å². The number of hydrogen-bond donors (Lipinski definition) is 0. The first kappa shape index (κ1) is 6.93. The van der Waals surface area contributed by atoms with Crippen LogP contribution in [0.25, 0.3) is 0 Å². The van der Waals surface area contributed by atoms with Crippen molar-refractivity contribution in [3.63, 3.8) is 0 Å². The predicted octanol–water partition coefficient (Wildman–Crippen LogP) is 1.45. The average molecular weight is 166 g/mol. The van der Waals surface area contributed by atoms with Crippen molar-refractivity contribution in [1.82, 2.24) is 0 Å². The van der Waals surface area contributed by atoms with E-state index in [0.29, 0.717) is 17.8 Å². The summed E-state index contributed by atoms with van der Waals surface area (Å²) in [5, 5.41) is 0. The first-order valence-corrected chi connectivity index (χ1v) is 4.94. The van der Waals surface area contributed by atoms with Crippen molar-refractivity contribution in [3.05, 3.63) is 0 Å². The molecule has 4 unspecified atom stereocenters. The van der Waals surface area contributed by atoms with Crippen molar-refractivity contribution < 1.29 is 9.53 Å². The van der Waals surface area contributed by atoms with Crippen molar-refractivity contribution >= 4 is 5.97 Å². The maximum Gasteiger partial charge on any atom is 0.309 e. The molecule has 0 N–H and O–H groups in total. The molecule has 5 atom stereocenters. The van der Waals surface area contributed by atoms with Gasteiger partial charge in [0.2, 0.25) is 0 Å². The van der Waals surface area contributed by atoms with Gasteiger partial charge in [-0.05, 0) is 30.6 Å². The molecule has 12 heavy (non-hydrogen) atoms. The zero-order valence-electron chi connectivity index (χ0n) is 7.32. The molecule has 3 fully saturated rings. The fraction of sp³-hybridized carbons (Fsp3) is 0.900. The summed E-state index contributed by atoms with van der Waals surface area (Å²) in [7, 11) is 0. The molecule has 0 radical (unpaired) electrons. The third kappa shape index (κ3) is 0.644. The summed E-state index contributed by atoms with van der Waals surface area (Å²) in [4.78, 5) is 11.3. The van der Waals surface area contributed by atoms with Gasteiger partial charge in [-0.25, -0.2) is 0 Å². The number of fused-ring (bicyclic) bond motifs is 5. The quantitative estimate of drug-likeness (QED) is 0.509. The van der Waals surface area contributed by atoms with E-state index in [9.17, 15) is 4.79 Å². The van der Waals surface area contributed by atoms with Crippen LogP contribution in [-0.2, 0) is 9.53 Å². The maximum atomic E-state index is 11.3. The first-order chi connectivity index (χ1) is 5.77. The van der Waals surface area contributed by atoms with E-state index in [0.717, 1.165) is 18.4 Å². The smallest absolute Gasteiger partial charge is 0.309 e. The highest BCUT2D eigenvalue weighted by Gasteiger charge is 2.57. The van der Waals surface area contributed by atoms with Crippen LogP contribution >= 0.6 is 0 Å². The zero-order chi connectivity index (χ0) is 8.29. The topological polar surface area (TPSA) is 26.3 Å². The number of carbonyl (C=O) groups is 1. The highest BCUT2D eigenvalue weighted by Crippen LogP contribution is 2.57. The summed E-state index contributed by atoms with van der Waals surface area (Å²) in [5.41, 5.74) is 0. The lowest BCUT2D eigenvalue weighted by Gasteiger charge is -2.25. The lowest BCUT2D eigenvalue weighted by Crippen LogP contribution is -2.27. The molecule has 2 heteroatoms. The van der Waals surface area contributed by atoms with Gasteiger partial charge in [-0.3, -0.25) is 4.79 Å². The second kappa shape index (κ2) is 2.04. The van der Waals surface area contributed by atoms with Crippen molar-refractivity contribution in [2.24, 2.45) is 29.6 Å².